The molecule has 2 N–H and O–H groups in total. The van der Waals surface area contributed by atoms with Gasteiger partial charge in [-0.2, -0.15) is 0 Å². The highest BCUT2D eigenvalue weighted by molar-refractivity contribution is 6.05. The number of carboxylic acid groups (broad SMARTS) is 1. The van der Waals surface area contributed by atoms with Crippen LogP contribution in [0, 0.1) is 5.82 Å². The van der Waals surface area contributed by atoms with Crippen molar-refractivity contribution >= 4 is 23.9 Å². The second-order valence-corrected chi connectivity index (χ2v) is 5.31. The first kappa shape index (κ1) is 18.9. The first-order chi connectivity index (χ1) is 12.5. The van der Waals surface area contributed by atoms with Crippen LogP contribution in [0.5, 0.6) is 0 Å². The van der Waals surface area contributed by atoms with E-state index >= 15 is 0 Å². The summed E-state index contributed by atoms with van der Waals surface area (Å²) < 4.78 is 13.0. The van der Waals surface area contributed by atoms with Crippen LogP contribution in [-0.2, 0) is 9.59 Å². The van der Waals surface area contributed by atoms with Crippen molar-refractivity contribution < 1.29 is 23.9 Å². The summed E-state index contributed by atoms with van der Waals surface area (Å²) in [6.07, 6.45) is 1.01. The third kappa shape index (κ3) is 5.86. The zero-order chi connectivity index (χ0) is 18.9. The predicted octanol–water partition coefficient (Wildman–Crippen LogP) is 0.853. The lowest BCUT2D eigenvalue weighted by Crippen LogP contribution is -2.37. The number of hydrogen-bond donors (Lipinski definition) is 2. The van der Waals surface area contributed by atoms with Crippen molar-refractivity contribution in [2.75, 3.05) is 6.54 Å². The van der Waals surface area contributed by atoms with Gasteiger partial charge < -0.3 is 20.5 Å². The molecule has 0 saturated heterocycles. The molecule has 0 aliphatic heterocycles. The van der Waals surface area contributed by atoms with Gasteiger partial charge in [-0.1, -0.05) is 30.3 Å². The second kappa shape index (κ2) is 9.12. The van der Waals surface area contributed by atoms with Gasteiger partial charge in [0.15, 0.2) is 0 Å². The molecule has 0 unspecified atom stereocenters. The van der Waals surface area contributed by atoms with Gasteiger partial charge in [0.2, 0.25) is 0 Å². The zero-order valence-electron chi connectivity index (χ0n) is 13.7. The molecule has 0 aliphatic carbocycles. The van der Waals surface area contributed by atoms with E-state index in [1.54, 1.807) is 30.3 Å². The Hall–Kier alpha value is -3.48. The standard InChI is InChI=1S/C19H17FN2O4/c20-15-8-6-13(7-9-15)12-16(19(26)21-11-10-17(23)24)22-18(25)14-4-2-1-3-5-14/h1-9,12H,10-11H2,(H,21,26)(H,22,25)(H,23,24)/p-1/b16-12+. The maximum Gasteiger partial charge on any atom is 0.267 e. The number of nitrogens with one attached hydrogen (secondary N) is 2. The summed E-state index contributed by atoms with van der Waals surface area (Å²) in [5.74, 6) is -2.91. The highest BCUT2D eigenvalue weighted by Crippen LogP contribution is 2.09. The molecule has 0 aromatic heterocycles. The number of carboxylic acids is 1. The number of rotatable bonds is 7. The van der Waals surface area contributed by atoms with E-state index in [0.717, 1.165) is 0 Å². The molecular formula is C19H16FN2O4-. The van der Waals surface area contributed by atoms with E-state index in [2.05, 4.69) is 10.6 Å². The molecule has 0 spiro atoms. The Morgan fingerprint density at radius 1 is 1.00 bits per heavy atom. The average Bonchev–Trinajstić information content (AvgIpc) is 2.63. The maximum atomic E-state index is 13.0. The van der Waals surface area contributed by atoms with E-state index in [-0.39, 0.29) is 18.7 Å². The SMILES string of the molecule is O=C([O-])CCNC(=O)/C(=C\c1ccc(F)cc1)NC(=O)c1ccccc1. The Balaban J connectivity index is 2.20. The molecule has 134 valence electrons. The first-order valence-corrected chi connectivity index (χ1v) is 7.77. The van der Waals surface area contributed by atoms with Gasteiger partial charge in [0, 0.05) is 24.5 Å². The highest BCUT2D eigenvalue weighted by Gasteiger charge is 2.14. The van der Waals surface area contributed by atoms with Crippen LogP contribution in [0.4, 0.5) is 4.39 Å². The number of carbonyl (C=O) groups is 3. The van der Waals surface area contributed by atoms with Crippen LogP contribution in [0.1, 0.15) is 22.3 Å². The number of amides is 2. The van der Waals surface area contributed by atoms with Crippen LogP contribution >= 0.6 is 0 Å². The smallest absolute Gasteiger partial charge is 0.267 e. The summed E-state index contributed by atoms with van der Waals surface area (Å²) in [5.41, 5.74) is 0.744. The lowest BCUT2D eigenvalue weighted by Gasteiger charge is -2.11. The minimum absolute atomic E-state index is 0.0937. The van der Waals surface area contributed by atoms with Gasteiger partial charge in [-0.3, -0.25) is 9.59 Å². The van der Waals surface area contributed by atoms with Crippen molar-refractivity contribution in [2.24, 2.45) is 0 Å². The third-order valence-corrected chi connectivity index (χ3v) is 3.32. The molecule has 26 heavy (non-hydrogen) atoms. The van der Waals surface area contributed by atoms with Gasteiger partial charge >= 0.3 is 0 Å². The van der Waals surface area contributed by atoms with Crippen molar-refractivity contribution in [2.45, 2.75) is 6.42 Å². The van der Waals surface area contributed by atoms with Crippen molar-refractivity contribution in [3.63, 3.8) is 0 Å². The molecular weight excluding hydrogens is 339 g/mol. The number of hydrogen-bond acceptors (Lipinski definition) is 4. The maximum absolute atomic E-state index is 13.0. The lowest BCUT2D eigenvalue weighted by molar-refractivity contribution is -0.305. The third-order valence-electron chi connectivity index (χ3n) is 3.32. The molecule has 0 radical (unpaired) electrons. The first-order valence-electron chi connectivity index (χ1n) is 7.77. The van der Waals surface area contributed by atoms with Gasteiger partial charge in [0.1, 0.15) is 11.5 Å². The molecule has 7 heteroatoms. The second-order valence-electron chi connectivity index (χ2n) is 5.31. The van der Waals surface area contributed by atoms with Crippen molar-refractivity contribution in [1.82, 2.24) is 10.6 Å². The Labute approximate surface area is 149 Å². The summed E-state index contributed by atoms with van der Waals surface area (Å²) in [6.45, 7) is -0.150. The van der Waals surface area contributed by atoms with Gasteiger partial charge in [-0.05, 0) is 35.9 Å². The topological polar surface area (TPSA) is 98.3 Å². The van der Waals surface area contributed by atoms with Crippen molar-refractivity contribution in [3.8, 4) is 0 Å². The van der Waals surface area contributed by atoms with Crippen LogP contribution in [0.25, 0.3) is 6.08 Å². The molecule has 0 bridgehead atoms. The minimum Gasteiger partial charge on any atom is -0.550 e. The number of benzene rings is 2. The number of carbonyl (C=O) groups excluding carboxylic acids is 3. The molecule has 2 amide bonds. The van der Waals surface area contributed by atoms with Gasteiger partial charge in [0.05, 0.1) is 0 Å². The van der Waals surface area contributed by atoms with Crippen LogP contribution < -0.4 is 15.7 Å². The van der Waals surface area contributed by atoms with Crippen molar-refractivity contribution in [3.05, 3.63) is 77.2 Å². The van der Waals surface area contributed by atoms with E-state index in [0.29, 0.717) is 11.1 Å². The van der Waals surface area contributed by atoms with Crippen LogP contribution in [0.15, 0.2) is 60.3 Å². The zero-order valence-corrected chi connectivity index (χ0v) is 13.7. The van der Waals surface area contributed by atoms with Gasteiger partial charge in [-0.25, -0.2) is 4.39 Å². The van der Waals surface area contributed by atoms with E-state index < -0.39 is 23.6 Å². The number of halogens is 1. The summed E-state index contributed by atoms with van der Waals surface area (Å²) in [5, 5.41) is 15.3. The lowest BCUT2D eigenvalue weighted by atomic mass is 10.1. The highest BCUT2D eigenvalue weighted by atomic mass is 19.1. The molecule has 6 nitrogen and oxygen atoms in total. The molecule has 0 atom stereocenters. The fourth-order valence-corrected chi connectivity index (χ4v) is 2.04. The minimum atomic E-state index is -1.30. The van der Waals surface area contributed by atoms with E-state index in [1.807, 2.05) is 0 Å². The molecule has 2 aromatic carbocycles. The molecule has 0 aliphatic rings. The average molecular weight is 355 g/mol. The fraction of sp³-hybridized carbons (Fsp3) is 0.105. The number of aliphatic carboxylic acids is 1. The van der Waals surface area contributed by atoms with Crippen LogP contribution in [-0.4, -0.2) is 24.3 Å². The molecule has 0 heterocycles. The molecule has 0 saturated carbocycles. The summed E-state index contributed by atoms with van der Waals surface area (Å²) in [6, 6.07) is 13.6. The van der Waals surface area contributed by atoms with Crippen LogP contribution in [0.2, 0.25) is 0 Å². The summed E-state index contributed by atoms with van der Waals surface area (Å²) in [4.78, 5) is 35.0. The molecule has 2 rings (SSSR count). The fourth-order valence-electron chi connectivity index (χ4n) is 2.04. The Morgan fingerprint density at radius 3 is 2.27 bits per heavy atom. The summed E-state index contributed by atoms with van der Waals surface area (Å²) >= 11 is 0. The molecule has 2 aromatic rings. The Morgan fingerprint density at radius 2 is 1.65 bits per heavy atom. The van der Waals surface area contributed by atoms with Crippen LogP contribution in [0.3, 0.4) is 0 Å². The van der Waals surface area contributed by atoms with E-state index in [9.17, 15) is 23.9 Å². The monoisotopic (exact) mass is 355 g/mol. The normalized spacial score (nSPS) is 10.9. The van der Waals surface area contributed by atoms with E-state index in [4.69, 9.17) is 0 Å². The molecule has 0 fully saturated rings. The van der Waals surface area contributed by atoms with Crippen molar-refractivity contribution in [1.29, 1.82) is 0 Å². The quantitative estimate of drug-likeness (QED) is 0.720. The summed E-state index contributed by atoms with van der Waals surface area (Å²) in [7, 11) is 0. The Bertz CT molecular complexity index is 817. The largest absolute Gasteiger partial charge is 0.550 e. The van der Waals surface area contributed by atoms with E-state index in [1.165, 1.54) is 30.3 Å². The predicted molar refractivity (Wildman–Crippen MR) is 90.9 cm³/mol. The van der Waals surface area contributed by atoms with Gasteiger partial charge in [0.25, 0.3) is 11.8 Å². The Kier molecular flexibility index (Phi) is 6.61. The van der Waals surface area contributed by atoms with Gasteiger partial charge in [-0.15, -0.1) is 0 Å².